The summed E-state index contributed by atoms with van der Waals surface area (Å²) < 4.78 is 33.7. The van der Waals surface area contributed by atoms with Gasteiger partial charge in [0.25, 0.3) is 0 Å². The largest absolute Gasteiger partial charge is 0.439 e. The molecule has 1 atom stereocenters. The fourth-order valence-electron chi connectivity index (χ4n) is 2.26. The number of carbonyl (C=O) groups excluding carboxylic acids is 1. The van der Waals surface area contributed by atoms with Gasteiger partial charge in [-0.25, -0.2) is 18.6 Å². The number of pyridine rings is 1. The molecule has 0 saturated carbocycles. The number of halogens is 4. The van der Waals surface area contributed by atoms with Crippen LogP contribution in [0.25, 0.3) is 0 Å². The van der Waals surface area contributed by atoms with E-state index in [0.717, 1.165) is 6.07 Å². The lowest BCUT2D eigenvalue weighted by Crippen LogP contribution is -2.41. The van der Waals surface area contributed by atoms with Crippen molar-refractivity contribution in [3.8, 4) is 0 Å². The Balaban J connectivity index is 2.34. The molecule has 0 aliphatic rings. The van der Waals surface area contributed by atoms with Crippen LogP contribution in [0, 0.1) is 11.6 Å². The van der Waals surface area contributed by atoms with Gasteiger partial charge in [0.15, 0.2) is 6.10 Å². The summed E-state index contributed by atoms with van der Waals surface area (Å²) in [6, 6.07) is 6.66. The van der Waals surface area contributed by atoms with Gasteiger partial charge in [-0.1, -0.05) is 0 Å². The minimum atomic E-state index is -0.842. The quantitative estimate of drug-likeness (QED) is 0.558. The molecular formula is C18H18Br2F2N2O2. The fourth-order valence-corrected chi connectivity index (χ4v) is 3.06. The van der Waals surface area contributed by atoms with Crippen LogP contribution in [-0.2, 0) is 11.2 Å². The SMILES string of the molecule is CC(C)(C)NC(=O)O[C@@H](Cc1cc(F)cc(F)c1)c1nc(Br)ccc1Br. The average molecular weight is 492 g/mol. The number of hydrogen-bond donors (Lipinski definition) is 1. The van der Waals surface area contributed by atoms with Crippen molar-refractivity contribution in [1.82, 2.24) is 10.3 Å². The van der Waals surface area contributed by atoms with E-state index >= 15 is 0 Å². The standard InChI is InChI=1S/C18H18Br2F2N2O2/c1-18(2,3)24-17(25)26-14(16-13(19)4-5-15(20)23-16)8-10-6-11(21)9-12(22)7-10/h4-7,9,14H,8H2,1-3H3,(H,24,25)/t14-/m0/s1. The van der Waals surface area contributed by atoms with Gasteiger partial charge in [-0.15, -0.1) is 0 Å². The molecule has 26 heavy (non-hydrogen) atoms. The smallest absolute Gasteiger partial charge is 0.408 e. The van der Waals surface area contributed by atoms with Crippen molar-refractivity contribution < 1.29 is 18.3 Å². The third-order valence-corrected chi connectivity index (χ3v) is 4.33. The Labute approximate surface area is 167 Å². The topological polar surface area (TPSA) is 51.2 Å². The third kappa shape index (κ3) is 6.32. The molecule has 8 heteroatoms. The zero-order valence-electron chi connectivity index (χ0n) is 14.4. The third-order valence-electron chi connectivity index (χ3n) is 3.21. The number of aromatic nitrogens is 1. The Morgan fingerprint density at radius 2 is 1.81 bits per heavy atom. The number of carbonyl (C=O) groups is 1. The van der Waals surface area contributed by atoms with Gasteiger partial charge in [0.2, 0.25) is 0 Å². The molecule has 0 radical (unpaired) electrons. The molecule has 0 spiro atoms. The van der Waals surface area contributed by atoms with Crippen molar-refractivity contribution in [3.63, 3.8) is 0 Å². The maximum Gasteiger partial charge on any atom is 0.408 e. The maximum absolute atomic E-state index is 13.5. The van der Waals surface area contributed by atoms with E-state index in [-0.39, 0.29) is 6.42 Å². The van der Waals surface area contributed by atoms with Gasteiger partial charge in [-0.05, 0) is 82.5 Å². The van der Waals surface area contributed by atoms with Crippen LogP contribution >= 0.6 is 31.9 Å². The minimum Gasteiger partial charge on any atom is -0.439 e. The van der Waals surface area contributed by atoms with Crippen LogP contribution in [0.4, 0.5) is 13.6 Å². The first-order chi connectivity index (χ1) is 12.0. The molecule has 1 aromatic heterocycles. The Kier molecular flexibility index (Phi) is 6.74. The van der Waals surface area contributed by atoms with Crippen LogP contribution in [0.5, 0.6) is 0 Å². The number of hydrogen-bond acceptors (Lipinski definition) is 3. The van der Waals surface area contributed by atoms with Gasteiger partial charge < -0.3 is 10.1 Å². The van der Waals surface area contributed by atoms with Crippen LogP contribution in [0.1, 0.15) is 38.1 Å². The van der Waals surface area contributed by atoms with Crippen LogP contribution in [0.15, 0.2) is 39.4 Å². The molecule has 0 aliphatic carbocycles. The number of nitrogens with one attached hydrogen (secondary N) is 1. The molecule has 1 heterocycles. The summed E-state index contributed by atoms with van der Waals surface area (Å²) in [4.78, 5) is 16.6. The number of alkyl carbamates (subject to hydrolysis) is 1. The van der Waals surface area contributed by atoms with Gasteiger partial charge in [-0.2, -0.15) is 0 Å². The number of ether oxygens (including phenoxy) is 1. The second kappa shape index (κ2) is 8.43. The van der Waals surface area contributed by atoms with Crippen LogP contribution in [0.3, 0.4) is 0 Å². The molecule has 4 nitrogen and oxygen atoms in total. The van der Waals surface area contributed by atoms with E-state index in [2.05, 4.69) is 42.2 Å². The van der Waals surface area contributed by atoms with Gasteiger partial charge in [0, 0.05) is 22.5 Å². The van der Waals surface area contributed by atoms with E-state index in [0.29, 0.717) is 20.3 Å². The fraction of sp³-hybridized carbons (Fsp3) is 0.333. The molecule has 1 aromatic carbocycles. The Bertz CT molecular complexity index is 790. The van der Waals surface area contributed by atoms with E-state index in [1.54, 1.807) is 12.1 Å². The molecule has 0 unspecified atom stereocenters. The van der Waals surface area contributed by atoms with E-state index in [9.17, 15) is 13.6 Å². The van der Waals surface area contributed by atoms with E-state index < -0.39 is 29.4 Å². The molecule has 1 amide bonds. The molecule has 0 aliphatic heterocycles. The lowest BCUT2D eigenvalue weighted by atomic mass is 10.0. The van der Waals surface area contributed by atoms with Crippen molar-refractivity contribution in [3.05, 3.63) is 62.3 Å². The summed E-state index contributed by atoms with van der Waals surface area (Å²) >= 11 is 6.66. The summed E-state index contributed by atoms with van der Waals surface area (Å²) in [6.45, 7) is 5.45. The predicted octanol–water partition coefficient (Wildman–Crippen LogP) is 5.69. The Morgan fingerprint density at radius 1 is 1.19 bits per heavy atom. The zero-order chi connectivity index (χ0) is 19.5. The molecule has 0 bridgehead atoms. The van der Waals surface area contributed by atoms with Crippen molar-refractivity contribution in [2.45, 2.75) is 38.8 Å². The summed E-state index contributed by atoms with van der Waals surface area (Å²) in [7, 11) is 0. The lowest BCUT2D eigenvalue weighted by molar-refractivity contribution is 0.0883. The summed E-state index contributed by atoms with van der Waals surface area (Å²) in [5.74, 6) is -1.39. The monoisotopic (exact) mass is 490 g/mol. The second-order valence-electron chi connectivity index (χ2n) is 6.75. The molecule has 1 N–H and O–H groups in total. The van der Waals surface area contributed by atoms with Crippen molar-refractivity contribution >= 4 is 38.0 Å². The summed E-state index contributed by atoms with van der Waals surface area (Å²) in [5.41, 5.74) is 0.298. The van der Waals surface area contributed by atoms with Gasteiger partial charge in [0.1, 0.15) is 16.2 Å². The Hall–Kier alpha value is -1.54. The van der Waals surface area contributed by atoms with Gasteiger partial charge in [0.05, 0.1) is 5.69 Å². The maximum atomic E-state index is 13.5. The highest BCUT2D eigenvalue weighted by Crippen LogP contribution is 2.29. The number of nitrogens with zero attached hydrogens (tertiary/aromatic N) is 1. The molecule has 0 fully saturated rings. The predicted molar refractivity (Wildman–Crippen MR) is 102 cm³/mol. The zero-order valence-corrected chi connectivity index (χ0v) is 17.6. The molecular weight excluding hydrogens is 474 g/mol. The first-order valence-corrected chi connectivity index (χ1v) is 9.38. The average Bonchev–Trinajstić information content (AvgIpc) is 2.46. The number of amides is 1. The Morgan fingerprint density at radius 3 is 2.38 bits per heavy atom. The van der Waals surface area contributed by atoms with Crippen molar-refractivity contribution in [2.75, 3.05) is 0 Å². The normalized spacial score (nSPS) is 12.6. The molecule has 2 rings (SSSR count). The molecule has 2 aromatic rings. The summed E-state index contributed by atoms with van der Waals surface area (Å²) in [6.07, 6.45) is -1.42. The van der Waals surface area contributed by atoms with Gasteiger partial charge >= 0.3 is 6.09 Å². The summed E-state index contributed by atoms with van der Waals surface area (Å²) in [5, 5.41) is 2.70. The highest BCUT2D eigenvalue weighted by Gasteiger charge is 2.24. The highest BCUT2D eigenvalue weighted by molar-refractivity contribution is 9.11. The van der Waals surface area contributed by atoms with Crippen LogP contribution in [0.2, 0.25) is 0 Å². The van der Waals surface area contributed by atoms with Crippen LogP contribution in [-0.4, -0.2) is 16.6 Å². The second-order valence-corrected chi connectivity index (χ2v) is 8.42. The minimum absolute atomic E-state index is 0.0638. The molecule has 140 valence electrons. The number of benzene rings is 1. The first-order valence-electron chi connectivity index (χ1n) is 7.79. The van der Waals surface area contributed by atoms with E-state index in [1.807, 2.05) is 20.8 Å². The van der Waals surface area contributed by atoms with E-state index in [1.165, 1.54) is 12.1 Å². The highest BCUT2D eigenvalue weighted by atomic mass is 79.9. The first kappa shape index (κ1) is 20.8. The lowest BCUT2D eigenvalue weighted by Gasteiger charge is -2.24. The van der Waals surface area contributed by atoms with Crippen molar-refractivity contribution in [1.29, 1.82) is 0 Å². The van der Waals surface area contributed by atoms with Crippen LogP contribution < -0.4 is 5.32 Å². The van der Waals surface area contributed by atoms with Crippen molar-refractivity contribution in [2.24, 2.45) is 0 Å². The number of rotatable bonds is 4. The van der Waals surface area contributed by atoms with Gasteiger partial charge in [-0.3, -0.25) is 0 Å². The molecule has 0 saturated heterocycles. The van der Waals surface area contributed by atoms with E-state index in [4.69, 9.17) is 4.74 Å².